The number of isothiocyanates is 1. The average Bonchev–Trinajstić information content (AvgIpc) is 2.69. The van der Waals surface area contributed by atoms with Gasteiger partial charge in [0.1, 0.15) is 11.5 Å². The van der Waals surface area contributed by atoms with Crippen molar-refractivity contribution in [2.75, 3.05) is 0 Å². The standard InChI is InChI=1S/C24H18FNS/c1-3-19-14-21(22-12-13-24(26-16-27)23(25)15-22)11-10-20(19)9-8-18-6-4-17(2)5-7-18/h4-7,10-15H,3H2,1-2H3. The molecule has 0 bridgehead atoms. The summed E-state index contributed by atoms with van der Waals surface area (Å²) in [5, 5.41) is 2.19. The molecule has 3 rings (SSSR count). The largest absolute Gasteiger partial charge is 0.205 e. The Bertz CT molecular complexity index is 1080. The predicted molar refractivity (Wildman–Crippen MR) is 113 cm³/mol. The topological polar surface area (TPSA) is 12.4 Å². The molecule has 0 amide bonds. The molecule has 27 heavy (non-hydrogen) atoms. The molecular weight excluding hydrogens is 353 g/mol. The van der Waals surface area contributed by atoms with Gasteiger partial charge in [-0.05, 0) is 78.7 Å². The molecule has 0 saturated carbocycles. The van der Waals surface area contributed by atoms with Crippen LogP contribution >= 0.6 is 12.2 Å². The second-order valence-electron chi connectivity index (χ2n) is 6.21. The molecule has 0 fully saturated rings. The zero-order valence-electron chi connectivity index (χ0n) is 15.2. The molecule has 132 valence electrons. The van der Waals surface area contributed by atoms with Crippen molar-refractivity contribution in [3.8, 4) is 23.0 Å². The van der Waals surface area contributed by atoms with Gasteiger partial charge in [0.2, 0.25) is 0 Å². The minimum absolute atomic E-state index is 0.199. The molecule has 0 N–H and O–H groups in total. The third-order valence-electron chi connectivity index (χ3n) is 4.33. The third kappa shape index (κ3) is 4.57. The van der Waals surface area contributed by atoms with E-state index in [9.17, 15) is 4.39 Å². The number of thiocarbonyl (C=S) groups is 1. The molecule has 0 aromatic heterocycles. The molecule has 0 aliphatic carbocycles. The fourth-order valence-electron chi connectivity index (χ4n) is 2.79. The van der Waals surface area contributed by atoms with E-state index in [0.29, 0.717) is 0 Å². The average molecular weight is 371 g/mol. The van der Waals surface area contributed by atoms with Gasteiger partial charge in [0, 0.05) is 11.1 Å². The van der Waals surface area contributed by atoms with Crippen molar-refractivity contribution in [2.45, 2.75) is 20.3 Å². The van der Waals surface area contributed by atoms with Gasteiger partial charge in [-0.3, -0.25) is 0 Å². The lowest BCUT2D eigenvalue weighted by Crippen LogP contribution is -1.90. The summed E-state index contributed by atoms with van der Waals surface area (Å²) >= 11 is 4.54. The van der Waals surface area contributed by atoms with Crippen LogP contribution in [0, 0.1) is 24.6 Å². The fraction of sp³-hybridized carbons (Fsp3) is 0.125. The molecule has 0 aliphatic rings. The van der Waals surface area contributed by atoms with Crippen molar-refractivity contribution in [3.05, 3.63) is 88.7 Å². The minimum Gasteiger partial charge on any atom is -0.205 e. The second-order valence-corrected chi connectivity index (χ2v) is 6.39. The number of aryl methyl sites for hydroxylation is 2. The van der Waals surface area contributed by atoms with E-state index in [-0.39, 0.29) is 5.69 Å². The highest BCUT2D eigenvalue weighted by Crippen LogP contribution is 2.27. The first-order valence-electron chi connectivity index (χ1n) is 8.70. The predicted octanol–water partition coefficient (Wildman–Crippen LogP) is 6.50. The van der Waals surface area contributed by atoms with Gasteiger partial charge in [0.25, 0.3) is 0 Å². The maximum atomic E-state index is 14.1. The highest BCUT2D eigenvalue weighted by atomic mass is 32.1. The van der Waals surface area contributed by atoms with E-state index in [1.54, 1.807) is 6.07 Å². The van der Waals surface area contributed by atoms with Crippen LogP contribution in [-0.2, 0) is 6.42 Å². The number of halogens is 1. The molecule has 0 atom stereocenters. The summed E-state index contributed by atoms with van der Waals surface area (Å²) in [6.45, 7) is 4.15. The summed E-state index contributed by atoms with van der Waals surface area (Å²) in [6.07, 6.45) is 0.849. The van der Waals surface area contributed by atoms with E-state index in [1.165, 1.54) is 11.6 Å². The normalized spacial score (nSPS) is 9.89. The number of benzene rings is 3. The summed E-state index contributed by atoms with van der Waals surface area (Å²) in [5.41, 5.74) is 6.27. The van der Waals surface area contributed by atoms with Crippen molar-refractivity contribution in [3.63, 3.8) is 0 Å². The van der Waals surface area contributed by atoms with Crippen molar-refractivity contribution in [2.24, 2.45) is 4.99 Å². The second kappa shape index (κ2) is 8.56. The number of hydrogen-bond acceptors (Lipinski definition) is 2. The van der Waals surface area contributed by atoms with Crippen LogP contribution in [0.3, 0.4) is 0 Å². The van der Waals surface area contributed by atoms with E-state index in [1.807, 2.05) is 30.3 Å². The molecule has 1 nitrogen and oxygen atoms in total. The Kier molecular flexibility index (Phi) is 5.94. The Morgan fingerprint density at radius 3 is 2.30 bits per heavy atom. The Morgan fingerprint density at radius 2 is 1.63 bits per heavy atom. The summed E-state index contributed by atoms with van der Waals surface area (Å²) in [6, 6.07) is 19.1. The number of aliphatic imine (C=N–C) groups is 1. The van der Waals surface area contributed by atoms with Crippen molar-refractivity contribution in [1.29, 1.82) is 0 Å². The zero-order chi connectivity index (χ0) is 19.2. The lowest BCUT2D eigenvalue weighted by Gasteiger charge is -2.08. The summed E-state index contributed by atoms with van der Waals surface area (Å²) in [4.78, 5) is 3.72. The Hall–Kier alpha value is -3.05. The Morgan fingerprint density at radius 1 is 0.926 bits per heavy atom. The lowest BCUT2D eigenvalue weighted by molar-refractivity contribution is 0.630. The lowest BCUT2D eigenvalue weighted by atomic mass is 9.97. The molecule has 0 radical (unpaired) electrons. The molecule has 3 aromatic carbocycles. The van der Waals surface area contributed by atoms with Crippen LogP contribution in [0.2, 0.25) is 0 Å². The number of rotatable bonds is 3. The molecule has 3 aromatic rings. The van der Waals surface area contributed by atoms with Gasteiger partial charge in [-0.15, -0.1) is 0 Å². The number of hydrogen-bond donors (Lipinski definition) is 0. The van der Waals surface area contributed by atoms with Crippen LogP contribution in [0.25, 0.3) is 11.1 Å². The van der Waals surface area contributed by atoms with E-state index in [0.717, 1.165) is 34.2 Å². The molecule has 0 saturated heterocycles. The van der Waals surface area contributed by atoms with Crippen molar-refractivity contribution in [1.82, 2.24) is 0 Å². The highest BCUT2D eigenvalue weighted by molar-refractivity contribution is 7.78. The van der Waals surface area contributed by atoms with Crippen LogP contribution in [0.4, 0.5) is 10.1 Å². The summed E-state index contributed by atoms with van der Waals surface area (Å²) in [5.74, 6) is 6.06. The van der Waals surface area contributed by atoms with Gasteiger partial charge < -0.3 is 0 Å². The van der Waals surface area contributed by atoms with Crippen LogP contribution in [0.5, 0.6) is 0 Å². The van der Waals surface area contributed by atoms with Crippen LogP contribution < -0.4 is 0 Å². The monoisotopic (exact) mass is 371 g/mol. The first kappa shape index (κ1) is 18.7. The van der Waals surface area contributed by atoms with Gasteiger partial charge in [-0.1, -0.05) is 48.6 Å². The maximum Gasteiger partial charge on any atom is 0.150 e. The van der Waals surface area contributed by atoms with E-state index in [4.69, 9.17) is 0 Å². The van der Waals surface area contributed by atoms with Gasteiger partial charge in [-0.25, -0.2) is 4.39 Å². The summed E-state index contributed by atoms with van der Waals surface area (Å²) < 4.78 is 14.1. The first-order valence-corrected chi connectivity index (χ1v) is 9.11. The Labute approximate surface area is 164 Å². The van der Waals surface area contributed by atoms with Crippen molar-refractivity contribution < 1.29 is 4.39 Å². The fourth-order valence-corrected chi connectivity index (χ4v) is 2.89. The molecule has 0 unspecified atom stereocenters. The van der Waals surface area contributed by atoms with Crippen LogP contribution in [0.1, 0.15) is 29.2 Å². The molecule has 0 aliphatic heterocycles. The Balaban J connectivity index is 1.94. The number of nitrogens with zero attached hydrogens (tertiary/aromatic N) is 1. The molecule has 3 heteroatoms. The first-order chi connectivity index (χ1) is 13.1. The smallest absolute Gasteiger partial charge is 0.150 e. The van der Waals surface area contributed by atoms with Gasteiger partial charge >= 0.3 is 0 Å². The zero-order valence-corrected chi connectivity index (χ0v) is 16.0. The SMILES string of the molecule is CCc1cc(-c2ccc(N=C=S)c(F)c2)ccc1C#Cc1ccc(C)cc1. The van der Waals surface area contributed by atoms with Crippen molar-refractivity contribution >= 4 is 23.1 Å². The van der Waals surface area contributed by atoms with E-state index >= 15 is 0 Å². The minimum atomic E-state index is -0.411. The quantitative estimate of drug-likeness (QED) is 0.291. The molecule has 0 heterocycles. The van der Waals surface area contributed by atoms with Crippen LogP contribution in [-0.4, -0.2) is 5.16 Å². The van der Waals surface area contributed by atoms with E-state index in [2.05, 4.69) is 66.3 Å². The highest BCUT2D eigenvalue weighted by Gasteiger charge is 2.07. The molecule has 0 spiro atoms. The van der Waals surface area contributed by atoms with Gasteiger partial charge in [-0.2, -0.15) is 4.99 Å². The maximum absolute atomic E-state index is 14.1. The van der Waals surface area contributed by atoms with Crippen LogP contribution in [0.15, 0.2) is 65.7 Å². The molecular formula is C24H18FNS. The third-order valence-corrected chi connectivity index (χ3v) is 4.42. The summed E-state index contributed by atoms with van der Waals surface area (Å²) in [7, 11) is 0. The van der Waals surface area contributed by atoms with Gasteiger partial charge in [0.15, 0.2) is 0 Å². The van der Waals surface area contributed by atoms with Gasteiger partial charge in [0.05, 0.1) is 5.16 Å². The van der Waals surface area contributed by atoms with E-state index < -0.39 is 5.82 Å².